The lowest BCUT2D eigenvalue weighted by molar-refractivity contribution is -0.147. The highest BCUT2D eigenvalue weighted by Gasteiger charge is 2.36. The zero-order valence-corrected chi connectivity index (χ0v) is 13.4. The Kier molecular flexibility index (Phi) is 4.86. The summed E-state index contributed by atoms with van der Waals surface area (Å²) in [6.07, 6.45) is 3.39. The van der Waals surface area contributed by atoms with Crippen LogP contribution in [0, 0.1) is 0 Å². The second-order valence-corrected chi connectivity index (χ2v) is 5.65. The Bertz CT molecular complexity index is 513. The number of rotatable bonds is 4. The molecule has 110 valence electrons. The van der Waals surface area contributed by atoms with E-state index in [1.54, 1.807) is 17.9 Å². The summed E-state index contributed by atoms with van der Waals surface area (Å²) >= 11 is 3.39. The third-order valence-electron chi connectivity index (χ3n) is 3.50. The summed E-state index contributed by atoms with van der Waals surface area (Å²) in [5, 5.41) is 0. The number of hydrogen-bond acceptors (Lipinski definition) is 3. The summed E-state index contributed by atoms with van der Waals surface area (Å²) in [5.74, 6) is -0.403. The molecule has 5 nitrogen and oxygen atoms in total. The highest BCUT2D eigenvalue weighted by molar-refractivity contribution is 9.10. The summed E-state index contributed by atoms with van der Waals surface area (Å²) in [7, 11) is 0. The summed E-state index contributed by atoms with van der Waals surface area (Å²) < 4.78 is 7.81. The SMILES string of the molecule is CCOC(=O)C1CCCN1C(=O)c1cc(Br)cn1CC. The number of amides is 1. The Balaban J connectivity index is 2.21. The molecule has 1 aliphatic rings. The van der Waals surface area contributed by atoms with Crippen molar-refractivity contribution >= 4 is 27.8 Å². The van der Waals surface area contributed by atoms with E-state index >= 15 is 0 Å². The monoisotopic (exact) mass is 342 g/mol. The fourth-order valence-electron chi connectivity index (χ4n) is 2.56. The summed E-state index contributed by atoms with van der Waals surface area (Å²) in [4.78, 5) is 26.2. The number of esters is 1. The Morgan fingerprint density at radius 2 is 2.20 bits per heavy atom. The minimum atomic E-state index is -0.443. The van der Waals surface area contributed by atoms with Gasteiger partial charge in [-0.1, -0.05) is 0 Å². The third-order valence-corrected chi connectivity index (χ3v) is 3.93. The van der Waals surface area contributed by atoms with Crippen LogP contribution in [0.2, 0.25) is 0 Å². The second kappa shape index (κ2) is 6.43. The summed E-state index contributed by atoms with van der Waals surface area (Å²) in [6.45, 7) is 5.42. The van der Waals surface area contributed by atoms with Crippen molar-refractivity contribution in [1.29, 1.82) is 0 Å². The average Bonchev–Trinajstić information content (AvgIpc) is 3.04. The van der Waals surface area contributed by atoms with Crippen LogP contribution in [0.5, 0.6) is 0 Å². The van der Waals surface area contributed by atoms with Gasteiger partial charge in [-0.15, -0.1) is 0 Å². The lowest BCUT2D eigenvalue weighted by atomic mass is 10.2. The fraction of sp³-hybridized carbons (Fsp3) is 0.571. The van der Waals surface area contributed by atoms with Gasteiger partial charge >= 0.3 is 5.97 Å². The molecule has 0 aromatic carbocycles. The van der Waals surface area contributed by atoms with E-state index in [0.717, 1.165) is 10.9 Å². The molecule has 1 aromatic heterocycles. The van der Waals surface area contributed by atoms with Gasteiger partial charge in [0, 0.05) is 23.8 Å². The average molecular weight is 343 g/mol. The first-order valence-corrected chi connectivity index (χ1v) is 7.71. The first-order valence-electron chi connectivity index (χ1n) is 6.91. The molecule has 0 spiro atoms. The summed E-state index contributed by atoms with van der Waals surface area (Å²) in [5.41, 5.74) is 0.607. The van der Waals surface area contributed by atoms with Crippen LogP contribution in [0.3, 0.4) is 0 Å². The Hall–Kier alpha value is -1.30. The van der Waals surface area contributed by atoms with Gasteiger partial charge in [0.2, 0.25) is 0 Å². The number of carbonyl (C=O) groups excluding carboxylic acids is 2. The van der Waals surface area contributed by atoms with Gasteiger partial charge in [0.15, 0.2) is 0 Å². The Morgan fingerprint density at radius 3 is 2.85 bits per heavy atom. The van der Waals surface area contributed by atoms with Gasteiger partial charge < -0.3 is 14.2 Å². The van der Waals surface area contributed by atoms with Crippen LogP contribution < -0.4 is 0 Å². The normalized spacial score (nSPS) is 18.4. The molecule has 0 saturated carbocycles. The van der Waals surface area contributed by atoms with E-state index in [2.05, 4.69) is 15.9 Å². The van der Waals surface area contributed by atoms with Crippen molar-refractivity contribution in [3.05, 3.63) is 22.4 Å². The predicted octanol–water partition coefficient (Wildman–Crippen LogP) is 2.44. The highest BCUT2D eigenvalue weighted by atomic mass is 79.9. The lowest BCUT2D eigenvalue weighted by Gasteiger charge is -2.23. The van der Waals surface area contributed by atoms with Crippen LogP contribution >= 0.6 is 15.9 Å². The van der Waals surface area contributed by atoms with Crippen molar-refractivity contribution in [2.75, 3.05) is 13.2 Å². The summed E-state index contributed by atoms with van der Waals surface area (Å²) in [6, 6.07) is 1.35. The quantitative estimate of drug-likeness (QED) is 0.789. The lowest BCUT2D eigenvalue weighted by Crippen LogP contribution is -2.42. The van der Waals surface area contributed by atoms with Gasteiger partial charge in [-0.25, -0.2) is 4.79 Å². The molecule has 1 atom stereocenters. The fourth-order valence-corrected chi connectivity index (χ4v) is 3.02. The highest BCUT2D eigenvalue weighted by Crippen LogP contribution is 2.23. The van der Waals surface area contributed by atoms with Crippen molar-refractivity contribution in [2.24, 2.45) is 0 Å². The minimum absolute atomic E-state index is 0.104. The van der Waals surface area contributed by atoms with E-state index < -0.39 is 6.04 Å². The van der Waals surface area contributed by atoms with Gasteiger partial charge in [-0.3, -0.25) is 4.79 Å². The van der Waals surface area contributed by atoms with Crippen LogP contribution in [0.4, 0.5) is 0 Å². The number of hydrogen-bond donors (Lipinski definition) is 0. The molecular weight excluding hydrogens is 324 g/mol. The topological polar surface area (TPSA) is 51.5 Å². The number of likely N-dealkylation sites (tertiary alicyclic amines) is 1. The standard InChI is InChI=1S/C14H19BrN2O3/c1-3-16-9-10(15)8-12(16)13(18)17-7-5-6-11(17)14(19)20-4-2/h8-9,11H,3-7H2,1-2H3. The van der Waals surface area contributed by atoms with Crippen molar-refractivity contribution in [2.45, 2.75) is 39.3 Å². The van der Waals surface area contributed by atoms with E-state index in [9.17, 15) is 9.59 Å². The number of halogens is 1. The number of ether oxygens (including phenoxy) is 1. The first kappa shape index (κ1) is 15.1. The van der Waals surface area contributed by atoms with Gasteiger partial charge in [-0.05, 0) is 48.7 Å². The molecule has 20 heavy (non-hydrogen) atoms. The van der Waals surface area contributed by atoms with Crippen LogP contribution in [0.1, 0.15) is 37.2 Å². The number of carbonyl (C=O) groups is 2. The largest absolute Gasteiger partial charge is 0.464 e. The predicted molar refractivity (Wildman–Crippen MR) is 78.5 cm³/mol. The van der Waals surface area contributed by atoms with Gasteiger partial charge in [0.05, 0.1) is 6.61 Å². The number of aromatic nitrogens is 1. The molecule has 1 fully saturated rings. The van der Waals surface area contributed by atoms with E-state index in [1.807, 2.05) is 17.7 Å². The maximum Gasteiger partial charge on any atom is 0.328 e. The van der Waals surface area contributed by atoms with Gasteiger partial charge in [0.1, 0.15) is 11.7 Å². The number of nitrogens with zero attached hydrogens (tertiary/aromatic N) is 2. The Labute approximate surface area is 127 Å². The molecule has 1 unspecified atom stereocenters. The molecule has 0 bridgehead atoms. The van der Waals surface area contributed by atoms with E-state index in [0.29, 0.717) is 31.8 Å². The second-order valence-electron chi connectivity index (χ2n) is 4.74. The van der Waals surface area contributed by atoms with E-state index in [1.165, 1.54) is 0 Å². The third kappa shape index (κ3) is 2.90. The van der Waals surface area contributed by atoms with Crippen LogP contribution in [-0.4, -0.2) is 40.5 Å². The van der Waals surface area contributed by atoms with Crippen LogP contribution in [0.25, 0.3) is 0 Å². The van der Waals surface area contributed by atoms with Crippen molar-refractivity contribution in [3.8, 4) is 0 Å². The molecule has 2 heterocycles. The van der Waals surface area contributed by atoms with Gasteiger partial charge in [0.25, 0.3) is 5.91 Å². The molecule has 0 N–H and O–H groups in total. The van der Waals surface area contributed by atoms with Crippen molar-refractivity contribution in [1.82, 2.24) is 9.47 Å². The molecule has 1 aliphatic heterocycles. The Morgan fingerprint density at radius 1 is 1.45 bits per heavy atom. The molecule has 1 amide bonds. The maximum atomic E-state index is 12.6. The molecule has 0 radical (unpaired) electrons. The molecule has 1 aromatic rings. The molecular formula is C14H19BrN2O3. The molecule has 6 heteroatoms. The van der Waals surface area contributed by atoms with Crippen molar-refractivity contribution < 1.29 is 14.3 Å². The molecule has 0 aliphatic carbocycles. The van der Waals surface area contributed by atoms with Crippen LogP contribution in [0.15, 0.2) is 16.7 Å². The van der Waals surface area contributed by atoms with Crippen LogP contribution in [-0.2, 0) is 16.1 Å². The number of aryl methyl sites for hydroxylation is 1. The zero-order chi connectivity index (χ0) is 14.7. The van der Waals surface area contributed by atoms with E-state index in [4.69, 9.17) is 4.74 Å². The molecule has 2 rings (SSSR count). The van der Waals surface area contributed by atoms with Crippen molar-refractivity contribution in [3.63, 3.8) is 0 Å². The maximum absolute atomic E-state index is 12.6. The van der Waals surface area contributed by atoms with Gasteiger partial charge in [-0.2, -0.15) is 0 Å². The first-order chi connectivity index (χ1) is 9.58. The molecule has 1 saturated heterocycles. The zero-order valence-electron chi connectivity index (χ0n) is 11.8. The van der Waals surface area contributed by atoms with E-state index in [-0.39, 0.29) is 11.9 Å². The smallest absolute Gasteiger partial charge is 0.328 e. The minimum Gasteiger partial charge on any atom is -0.464 e.